The van der Waals surface area contributed by atoms with Gasteiger partial charge in [-0.15, -0.1) is 0 Å². The lowest BCUT2D eigenvalue weighted by atomic mass is 9.96. The Balaban J connectivity index is 2.71. The van der Waals surface area contributed by atoms with Gasteiger partial charge in [0.25, 0.3) is 0 Å². The number of carbonyl (C=O) groups is 2. The first kappa shape index (κ1) is 14.1. The third-order valence-electron chi connectivity index (χ3n) is 2.87. The fourth-order valence-electron chi connectivity index (χ4n) is 1.93. The molecule has 0 saturated heterocycles. The number of hydrogen-bond donors (Lipinski definition) is 1. The van der Waals surface area contributed by atoms with E-state index in [4.69, 9.17) is 11.6 Å². The molecule has 2 aromatic carbocycles. The molecule has 2 rings (SSSR count). The largest absolute Gasteiger partial charge is 0.508 e. The van der Waals surface area contributed by atoms with Crippen LogP contribution in [0, 0.1) is 0 Å². The van der Waals surface area contributed by atoms with Crippen molar-refractivity contribution in [2.45, 2.75) is 0 Å². The predicted molar refractivity (Wildman–Crippen MR) is 75.3 cm³/mol. The maximum Gasteiger partial charge on any atom is 0.338 e. The maximum absolute atomic E-state index is 11.7. The number of ether oxygens (including phenoxy) is 1. The summed E-state index contributed by atoms with van der Waals surface area (Å²) >= 11 is 6.08. The molecule has 0 aromatic heterocycles. The highest BCUT2D eigenvalue weighted by atomic mass is 35.5. The van der Waals surface area contributed by atoms with Gasteiger partial charge in [0.2, 0.25) is 0 Å². The molecule has 0 bridgehead atoms. The second kappa shape index (κ2) is 5.75. The zero-order valence-corrected chi connectivity index (χ0v) is 11.3. The van der Waals surface area contributed by atoms with Crippen molar-refractivity contribution in [3.05, 3.63) is 52.5 Å². The van der Waals surface area contributed by atoms with Crippen LogP contribution in [0.1, 0.15) is 20.7 Å². The van der Waals surface area contributed by atoms with E-state index in [-0.39, 0.29) is 16.9 Å². The highest BCUT2D eigenvalue weighted by Gasteiger charge is 2.17. The molecule has 0 aliphatic heterocycles. The molecule has 0 amide bonds. The zero-order chi connectivity index (χ0) is 14.7. The topological polar surface area (TPSA) is 63.6 Å². The molecule has 0 heterocycles. The Bertz CT molecular complexity index is 680. The zero-order valence-electron chi connectivity index (χ0n) is 10.6. The number of phenolic OH excluding ortho intramolecular Hbond substituents is 1. The number of hydrogen-bond acceptors (Lipinski definition) is 4. The van der Waals surface area contributed by atoms with Crippen LogP contribution in [0.2, 0.25) is 5.02 Å². The van der Waals surface area contributed by atoms with Gasteiger partial charge in [-0.05, 0) is 29.8 Å². The number of benzene rings is 2. The molecule has 5 heteroatoms. The standard InChI is InChI=1S/C15H11ClO4/c1-20-15(19)11-4-2-3-10(13(11)8-17)12-7-9(18)5-6-14(12)16/h2-8,18H,1H3. The van der Waals surface area contributed by atoms with Gasteiger partial charge < -0.3 is 9.84 Å². The fourth-order valence-corrected chi connectivity index (χ4v) is 2.15. The number of aromatic hydroxyl groups is 1. The minimum atomic E-state index is -0.606. The highest BCUT2D eigenvalue weighted by Crippen LogP contribution is 2.34. The lowest BCUT2D eigenvalue weighted by molar-refractivity contribution is 0.0598. The minimum Gasteiger partial charge on any atom is -0.508 e. The Hall–Kier alpha value is -2.33. The molecule has 2 aromatic rings. The minimum absolute atomic E-state index is 0.0183. The Labute approximate surface area is 120 Å². The summed E-state index contributed by atoms with van der Waals surface area (Å²) in [6.07, 6.45) is 0.571. The van der Waals surface area contributed by atoms with E-state index < -0.39 is 5.97 Å². The smallest absolute Gasteiger partial charge is 0.338 e. The van der Waals surface area contributed by atoms with Gasteiger partial charge >= 0.3 is 5.97 Å². The van der Waals surface area contributed by atoms with Crippen molar-refractivity contribution in [3.63, 3.8) is 0 Å². The van der Waals surface area contributed by atoms with E-state index in [1.54, 1.807) is 12.1 Å². The van der Waals surface area contributed by atoms with Crippen LogP contribution in [-0.2, 0) is 4.74 Å². The summed E-state index contributed by atoms with van der Waals surface area (Å²) in [4.78, 5) is 23.0. The second-order valence-electron chi connectivity index (χ2n) is 4.04. The van der Waals surface area contributed by atoms with E-state index in [2.05, 4.69) is 4.74 Å². The third kappa shape index (κ3) is 2.51. The van der Waals surface area contributed by atoms with Gasteiger partial charge in [0.05, 0.1) is 12.7 Å². The van der Waals surface area contributed by atoms with Gasteiger partial charge in [0.15, 0.2) is 6.29 Å². The molecule has 102 valence electrons. The molecular weight excluding hydrogens is 280 g/mol. The summed E-state index contributed by atoms with van der Waals surface area (Å²) in [6.45, 7) is 0. The van der Waals surface area contributed by atoms with Crippen molar-refractivity contribution in [2.75, 3.05) is 7.11 Å². The number of halogens is 1. The SMILES string of the molecule is COC(=O)c1cccc(-c2cc(O)ccc2Cl)c1C=O. The highest BCUT2D eigenvalue weighted by molar-refractivity contribution is 6.33. The summed E-state index contributed by atoms with van der Waals surface area (Å²) in [6, 6.07) is 9.16. The molecule has 0 atom stereocenters. The van der Waals surface area contributed by atoms with Crippen molar-refractivity contribution >= 4 is 23.9 Å². The molecule has 4 nitrogen and oxygen atoms in total. The molecule has 20 heavy (non-hydrogen) atoms. The number of esters is 1. The lowest BCUT2D eigenvalue weighted by Crippen LogP contribution is -2.06. The first-order valence-corrected chi connectivity index (χ1v) is 6.11. The van der Waals surface area contributed by atoms with Gasteiger partial charge in [-0.25, -0.2) is 4.79 Å². The monoisotopic (exact) mass is 290 g/mol. The van der Waals surface area contributed by atoms with Crippen molar-refractivity contribution in [1.82, 2.24) is 0 Å². The summed E-state index contributed by atoms with van der Waals surface area (Å²) in [7, 11) is 1.24. The molecule has 0 spiro atoms. The predicted octanol–water partition coefficient (Wildman–Crippen LogP) is 3.31. The van der Waals surface area contributed by atoms with E-state index in [1.165, 1.54) is 31.4 Å². The van der Waals surface area contributed by atoms with Crippen LogP contribution in [0.15, 0.2) is 36.4 Å². The van der Waals surface area contributed by atoms with Crippen LogP contribution in [0.4, 0.5) is 0 Å². The molecule has 0 fully saturated rings. The lowest BCUT2D eigenvalue weighted by Gasteiger charge is -2.11. The van der Waals surface area contributed by atoms with Gasteiger partial charge in [-0.3, -0.25) is 4.79 Å². The summed E-state index contributed by atoms with van der Waals surface area (Å²) < 4.78 is 4.64. The van der Waals surface area contributed by atoms with Gasteiger partial charge in [-0.1, -0.05) is 23.7 Å². The fraction of sp³-hybridized carbons (Fsp3) is 0.0667. The number of methoxy groups -OCH3 is 1. The molecular formula is C15H11ClO4. The maximum atomic E-state index is 11.7. The van der Waals surface area contributed by atoms with Crippen LogP contribution in [0.5, 0.6) is 5.75 Å². The number of carbonyl (C=O) groups excluding carboxylic acids is 2. The van der Waals surface area contributed by atoms with Gasteiger partial charge in [0.1, 0.15) is 5.75 Å². The number of rotatable bonds is 3. The summed E-state index contributed by atoms with van der Waals surface area (Å²) in [5.41, 5.74) is 1.26. The molecule has 0 radical (unpaired) electrons. The summed E-state index contributed by atoms with van der Waals surface area (Å²) in [5, 5.41) is 9.92. The van der Waals surface area contributed by atoms with E-state index in [0.717, 1.165) is 0 Å². The van der Waals surface area contributed by atoms with E-state index in [1.807, 2.05) is 0 Å². The molecule has 1 N–H and O–H groups in total. The second-order valence-corrected chi connectivity index (χ2v) is 4.45. The molecule has 0 aliphatic carbocycles. The number of aldehydes is 1. The molecule has 0 aliphatic rings. The Morgan fingerprint density at radius 2 is 2.00 bits per heavy atom. The number of phenols is 1. The first-order valence-electron chi connectivity index (χ1n) is 5.74. The van der Waals surface area contributed by atoms with Gasteiger partial charge in [0, 0.05) is 16.1 Å². The van der Waals surface area contributed by atoms with E-state index >= 15 is 0 Å². The Morgan fingerprint density at radius 3 is 2.65 bits per heavy atom. The van der Waals surface area contributed by atoms with Crippen LogP contribution < -0.4 is 0 Å². The first-order chi connectivity index (χ1) is 9.58. The third-order valence-corrected chi connectivity index (χ3v) is 3.20. The quantitative estimate of drug-likeness (QED) is 0.696. The van der Waals surface area contributed by atoms with Crippen LogP contribution in [-0.4, -0.2) is 24.5 Å². The van der Waals surface area contributed by atoms with Crippen LogP contribution in [0.3, 0.4) is 0 Å². The van der Waals surface area contributed by atoms with Crippen molar-refractivity contribution in [2.24, 2.45) is 0 Å². The van der Waals surface area contributed by atoms with Gasteiger partial charge in [-0.2, -0.15) is 0 Å². The van der Waals surface area contributed by atoms with Crippen LogP contribution >= 0.6 is 11.6 Å². The molecule has 0 unspecified atom stereocenters. The molecule has 0 saturated carbocycles. The van der Waals surface area contributed by atoms with E-state index in [0.29, 0.717) is 22.4 Å². The van der Waals surface area contributed by atoms with E-state index in [9.17, 15) is 14.7 Å². The Kier molecular flexibility index (Phi) is 4.05. The Morgan fingerprint density at radius 1 is 1.25 bits per heavy atom. The van der Waals surface area contributed by atoms with Crippen LogP contribution in [0.25, 0.3) is 11.1 Å². The summed E-state index contributed by atoms with van der Waals surface area (Å²) in [5.74, 6) is -0.588. The average Bonchev–Trinajstić information content (AvgIpc) is 2.48. The van der Waals surface area contributed by atoms with Crippen molar-refractivity contribution in [3.8, 4) is 16.9 Å². The van der Waals surface area contributed by atoms with Crippen molar-refractivity contribution < 1.29 is 19.4 Å². The van der Waals surface area contributed by atoms with Crippen molar-refractivity contribution in [1.29, 1.82) is 0 Å². The average molecular weight is 291 g/mol. The normalized spacial score (nSPS) is 10.1.